The van der Waals surface area contributed by atoms with E-state index in [1.807, 2.05) is 12.1 Å². The molecular weight excluding hydrogens is 284 g/mol. The van der Waals surface area contributed by atoms with Crippen LogP contribution in [0.5, 0.6) is 0 Å². The Morgan fingerprint density at radius 2 is 1.95 bits per heavy atom. The fourth-order valence-electron chi connectivity index (χ4n) is 2.46. The first-order chi connectivity index (χ1) is 10.3. The second-order valence-corrected chi connectivity index (χ2v) is 5.64. The zero-order chi connectivity index (χ0) is 14.7. The van der Waals surface area contributed by atoms with Gasteiger partial charge in [-0.25, -0.2) is 0 Å². The lowest BCUT2D eigenvalue weighted by Gasteiger charge is -2.03. The minimum Gasteiger partial charge on any atom is -0.339 e. The second-order valence-electron chi connectivity index (χ2n) is 5.12. The molecule has 4 heteroatoms. The van der Waals surface area contributed by atoms with Crippen LogP contribution in [-0.2, 0) is 6.42 Å². The van der Waals surface area contributed by atoms with E-state index in [4.69, 9.17) is 16.1 Å². The molecule has 0 fully saturated rings. The highest BCUT2D eigenvalue weighted by Gasteiger charge is 2.15. The van der Waals surface area contributed by atoms with Crippen LogP contribution >= 0.6 is 11.6 Å². The first-order valence-corrected chi connectivity index (χ1v) is 7.64. The Bertz CT molecular complexity index is 733. The van der Waals surface area contributed by atoms with Crippen molar-refractivity contribution in [3.8, 4) is 0 Å². The van der Waals surface area contributed by atoms with E-state index in [0.29, 0.717) is 18.1 Å². The molecule has 1 atom stereocenters. The molecule has 21 heavy (non-hydrogen) atoms. The summed E-state index contributed by atoms with van der Waals surface area (Å²) in [7, 11) is 0. The van der Waals surface area contributed by atoms with E-state index in [1.54, 1.807) is 0 Å². The van der Waals surface area contributed by atoms with Gasteiger partial charge in [-0.05, 0) is 22.8 Å². The van der Waals surface area contributed by atoms with Crippen LogP contribution in [0, 0.1) is 0 Å². The lowest BCUT2D eigenvalue weighted by molar-refractivity contribution is 0.378. The van der Waals surface area contributed by atoms with Crippen LogP contribution in [0.3, 0.4) is 0 Å². The Kier molecular flexibility index (Phi) is 4.20. The van der Waals surface area contributed by atoms with Crippen molar-refractivity contribution in [2.45, 2.75) is 31.6 Å². The van der Waals surface area contributed by atoms with E-state index in [2.05, 4.69) is 47.4 Å². The predicted octanol–water partition coefficient (Wildman–Crippen LogP) is 4.89. The maximum Gasteiger partial charge on any atom is 0.231 e. The van der Waals surface area contributed by atoms with Crippen molar-refractivity contribution in [1.82, 2.24) is 10.1 Å². The molecule has 108 valence electrons. The summed E-state index contributed by atoms with van der Waals surface area (Å²) in [6.07, 6.45) is 2.49. The van der Waals surface area contributed by atoms with Gasteiger partial charge < -0.3 is 4.52 Å². The quantitative estimate of drug-likeness (QED) is 0.629. The third kappa shape index (κ3) is 3.08. The number of alkyl halides is 1. The monoisotopic (exact) mass is 300 g/mol. The molecule has 2 aromatic carbocycles. The highest BCUT2D eigenvalue weighted by molar-refractivity contribution is 6.20. The molecule has 0 aliphatic heterocycles. The third-order valence-corrected chi connectivity index (χ3v) is 3.94. The number of rotatable bonds is 5. The second kappa shape index (κ2) is 6.27. The van der Waals surface area contributed by atoms with Gasteiger partial charge in [0, 0.05) is 0 Å². The topological polar surface area (TPSA) is 38.9 Å². The Morgan fingerprint density at radius 1 is 1.14 bits per heavy atom. The van der Waals surface area contributed by atoms with Crippen LogP contribution in [0.2, 0.25) is 0 Å². The van der Waals surface area contributed by atoms with Crippen LogP contribution in [-0.4, -0.2) is 10.1 Å². The van der Waals surface area contributed by atoms with Crippen molar-refractivity contribution in [1.29, 1.82) is 0 Å². The van der Waals surface area contributed by atoms with Crippen molar-refractivity contribution >= 4 is 22.4 Å². The molecule has 0 radical (unpaired) electrons. The van der Waals surface area contributed by atoms with E-state index < -0.39 is 0 Å². The number of benzene rings is 2. The summed E-state index contributed by atoms with van der Waals surface area (Å²) in [6.45, 7) is 2.09. The number of halogens is 1. The van der Waals surface area contributed by atoms with E-state index in [0.717, 1.165) is 12.8 Å². The molecule has 0 amide bonds. The summed E-state index contributed by atoms with van der Waals surface area (Å²) >= 11 is 6.23. The third-order valence-electron chi connectivity index (χ3n) is 3.53. The minimum atomic E-state index is -0.167. The fourth-order valence-corrected chi connectivity index (χ4v) is 2.77. The molecule has 0 aliphatic carbocycles. The van der Waals surface area contributed by atoms with Gasteiger partial charge in [0.05, 0.1) is 11.8 Å². The molecule has 0 spiro atoms. The summed E-state index contributed by atoms with van der Waals surface area (Å²) in [4.78, 5) is 4.42. The molecular formula is C17H17ClN2O. The fraction of sp³-hybridized carbons (Fsp3) is 0.294. The average Bonchev–Trinajstić information content (AvgIpc) is 2.97. The maximum absolute atomic E-state index is 6.23. The van der Waals surface area contributed by atoms with Gasteiger partial charge in [-0.1, -0.05) is 61.0 Å². The molecule has 1 unspecified atom stereocenters. The maximum atomic E-state index is 6.23. The molecule has 1 aromatic heterocycles. The zero-order valence-corrected chi connectivity index (χ0v) is 12.7. The van der Waals surface area contributed by atoms with Gasteiger partial charge in [-0.3, -0.25) is 0 Å². The molecule has 0 aliphatic rings. The Labute approximate surface area is 128 Å². The van der Waals surface area contributed by atoms with E-state index >= 15 is 0 Å². The molecule has 1 heterocycles. The Balaban J connectivity index is 1.86. The number of aromatic nitrogens is 2. The Morgan fingerprint density at radius 3 is 2.81 bits per heavy atom. The number of hydrogen-bond donors (Lipinski definition) is 0. The van der Waals surface area contributed by atoms with E-state index in [-0.39, 0.29) is 5.38 Å². The van der Waals surface area contributed by atoms with Gasteiger partial charge >= 0.3 is 0 Å². The van der Waals surface area contributed by atoms with Crippen molar-refractivity contribution in [2.24, 2.45) is 0 Å². The van der Waals surface area contributed by atoms with Gasteiger partial charge in [0.15, 0.2) is 5.82 Å². The average molecular weight is 301 g/mol. The highest BCUT2D eigenvalue weighted by Crippen LogP contribution is 2.24. The Hall–Kier alpha value is -1.87. The lowest BCUT2D eigenvalue weighted by atomic mass is 10.0. The van der Waals surface area contributed by atoms with Gasteiger partial charge in [0.25, 0.3) is 0 Å². The highest BCUT2D eigenvalue weighted by atomic mass is 35.5. The van der Waals surface area contributed by atoms with Crippen LogP contribution < -0.4 is 0 Å². The zero-order valence-electron chi connectivity index (χ0n) is 11.9. The number of fused-ring (bicyclic) bond motifs is 1. The SMILES string of the molecule is CCCC(Cl)c1noc(Cc2cccc3ccccc23)n1. The lowest BCUT2D eigenvalue weighted by Crippen LogP contribution is -1.94. The van der Waals surface area contributed by atoms with E-state index in [9.17, 15) is 0 Å². The van der Waals surface area contributed by atoms with Crippen LogP contribution in [0.15, 0.2) is 47.0 Å². The largest absolute Gasteiger partial charge is 0.339 e. The molecule has 3 nitrogen and oxygen atoms in total. The first-order valence-electron chi connectivity index (χ1n) is 7.21. The molecule has 0 N–H and O–H groups in total. The summed E-state index contributed by atoms with van der Waals surface area (Å²) in [5.74, 6) is 1.21. The summed E-state index contributed by atoms with van der Waals surface area (Å²) in [5, 5.41) is 6.26. The standard InChI is InChI=1S/C17H17ClN2O/c1-2-6-15(18)17-19-16(21-20-17)11-13-9-5-8-12-7-3-4-10-14(12)13/h3-5,7-10,15H,2,6,11H2,1H3. The molecule has 0 bridgehead atoms. The first kappa shape index (κ1) is 14.1. The van der Waals surface area contributed by atoms with Crippen LogP contribution in [0.1, 0.15) is 42.4 Å². The normalized spacial score (nSPS) is 12.7. The molecule has 0 saturated heterocycles. The number of hydrogen-bond acceptors (Lipinski definition) is 3. The molecule has 0 saturated carbocycles. The molecule has 3 aromatic rings. The van der Waals surface area contributed by atoms with Crippen LogP contribution in [0.25, 0.3) is 10.8 Å². The van der Waals surface area contributed by atoms with Gasteiger partial charge in [-0.15, -0.1) is 11.6 Å². The summed E-state index contributed by atoms with van der Waals surface area (Å²) < 4.78 is 5.34. The number of nitrogens with zero attached hydrogens (tertiary/aromatic N) is 2. The van der Waals surface area contributed by atoms with E-state index in [1.165, 1.54) is 16.3 Å². The van der Waals surface area contributed by atoms with Crippen molar-refractivity contribution < 1.29 is 4.52 Å². The van der Waals surface area contributed by atoms with Crippen LogP contribution in [0.4, 0.5) is 0 Å². The minimum absolute atomic E-state index is 0.167. The summed E-state index contributed by atoms with van der Waals surface area (Å²) in [5.41, 5.74) is 1.19. The van der Waals surface area contributed by atoms with Gasteiger partial charge in [-0.2, -0.15) is 4.98 Å². The van der Waals surface area contributed by atoms with Crippen molar-refractivity contribution in [3.05, 3.63) is 59.7 Å². The van der Waals surface area contributed by atoms with Crippen molar-refractivity contribution in [2.75, 3.05) is 0 Å². The summed E-state index contributed by atoms with van der Waals surface area (Å²) in [6, 6.07) is 14.6. The smallest absolute Gasteiger partial charge is 0.231 e. The van der Waals surface area contributed by atoms with Gasteiger partial charge in [0.2, 0.25) is 5.89 Å². The van der Waals surface area contributed by atoms with Gasteiger partial charge in [0.1, 0.15) is 0 Å². The van der Waals surface area contributed by atoms with Crippen molar-refractivity contribution in [3.63, 3.8) is 0 Å². The predicted molar refractivity (Wildman–Crippen MR) is 84.6 cm³/mol. The molecule has 3 rings (SSSR count).